The van der Waals surface area contributed by atoms with Gasteiger partial charge in [0.2, 0.25) is 0 Å². The molecule has 0 fully saturated rings. The van der Waals surface area contributed by atoms with Crippen LogP contribution in [0.2, 0.25) is 0 Å². The molecule has 0 spiro atoms. The molecule has 1 heterocycles. The topological polar surface area (TPSA) is 45.1 Å². The van der Waals surface area contributed by atoms with Crippen LogP contribution >= 0.6 is 11.3 Å². The third-order valence-electron chi connectivity index (χ3n) is 1.35. The van der Waals surface area contributed by atoms with Crippen molar-refractivity contribution < 1.29 is 5.11 Å². The normalized spacial score (nSPS) is 12.9. The Morgan fingerprint density at radius 2 is 2.64 bits per heavy atom. The summed E-state index contributed by atoms with van der Waals surface area (Å²) in [5, 5.41) is 14.7. The van der Waals surface area contributed by atoms with E-state index in [2.05, 4.69) is 10.3 Å². The minimum absolute atomic E-state index is 0.221. The van der Waals surface area contributed by atoms with E-state index in [0.717, 1.165) is 11.7 Å². The fourth-order valence-corrected chi connectivity index (χ4v) is 1.18. The second-order valence-corrected chi connectivity index (χ2v) is 3.40. The largest absolute Gasteiger partial charge is 0.396 e. The molecule has 0 bridgehead atoms. The Labute approximate surface area is 70.1 Å². The van der Waals surface area contributed by atoms with Gasteiger partial charge in [0, 0.05) is 24.7 Å². The molecule has 3 nitrogen and oxygen atoms in total. The van der Waals surface area contributed by atoms with Crippen molar-refractivity contribution >= 4 is 16.5 Å². The van der Waals surface area contributed by atoms with Crippen LogP contribution in [-0.4, -0.2) is 23.2 Å². The smallest absolute Gasteiger partial charge is 0.182 e. The number of hydrogen-bond donors (Lipinski definition) is 2. The molecule has 0 saturated carbocycles. The molecule has 0 aliphatic carbocycles. The molecule has 1 atom stereocenters. The molecule has 11 heavy (non-hydrogen) atoms. The van der Waals surface area contributed by atoms with Crippen LogP contribution in [0.4, 0.5) is 5.13 Å². The number of rotatable bonds is 4. The maximum absolute atomic E-state index is 8.71. The van der Waals surface area contributed by atoms with Gasteiger partial charge in [0.1, 0.15) is 0 Å². The monoisotopic (exact) mass is 172 g/mol. The molecule has 0 radical (unpaired) electrons. The maximum Gasteiger partial charge on any atom is 0.182 e. The molecule has 0 amide bonds. The number of nitrogens with one attached hydrogen (secondary N) is 1. The Balaban J connectivity index is 2.23. The van der Waals surface area contributed by atoms with Gasteiger partial charge in [-0.1, -0.05) is 6.92 Å². The fraction of sp³-hybridized carbons (Fsp3) is 0.571. The summed E-state index contributed by atoms with van der Waals surface area (Å²) in [4.78, 5) is 4.05. The summed E-state index contributed by atoms with van der Waals surface area (Å²) in [6.45, 7) is 2.99. The second kappa shape index (κ2) is 4.31. The highest BCUT2D eigenvalue weighted by atomic mass is 32.1. The number of hydrogen-bond acceptors (Lipinski definition) is 4. The Morgan fingerprint density at radius 3 is 3.18 bits per heavy atom. The van der Waals surface area contributed by atoms with Crippen LogP contribution in [0, 0.1) is 5.92 Å². The van der Waals surface area contributed by atoms with Crippen molar-refractivity contribution in [2.24, 2.45) is 5.92 Å². The van der Waals surface area contributed by atoms with E-state index in [-0.39, 0.29) is 6.61 Å². The lowest BCUT2D eigenvalue weighted by Gasteiger charge is -2.07. The van der Waals surface area contributed by atoms with Crippen LogP contribution in [-0.2, 0) is 0 Å². The lowest BCUT2D eigenvalue weighted by Crippen LogP contribution is -2.14. The summed E-state index contributed by atoms with van der Waals surface area (Å²) >= 11 is 1.57. The summed E-state index contributed by atoms with van der Waals surface area (Å²) in [5.41, 5.74) is 0. The average molecular weight is 172 g/mol. The molecular weight excluding hydrogens is 160 g/mol. The molecule has 1 aromatic heterocycles. The van der Waals surface area contributed by atoms with Gasteiger partial charge in [-0.15, -0.1) is 11.3 Å². The molecule has 4 heteroatoms. The predicted octanol–water partition coefficient (Wildman–Crippen LogP) is 1.18. The van der Waals surface area contributed by atoms with Gasteiger partial charge in [-0.25, -0.2) is 4.98 Å². The number of aromatic nitrogens is 1. The van der Waals surface area contributed by atoms with Crippen LogP contribution in [0.1, 0.15) is 6.92 Å². The van der Waals surface area contributed by atoms with Crippen molar-refractivity contribution in [3.05, 3.63) is 11.6 Å². The highest BCUT2D eigenvalue weighted by Crippen LogP contribution is 2.10. The third kappa shape index (κ3) is 2.86. The second-order valence-electron chi connectivity index (χ2n) is 2.51. The summed E-state index contributed by atoms with van der Waals surface area (Å²) < 4.78 is 0. The standard InChI is InChI=1S/C7H12N2OS/c1-6(5-10)4-9-7-8-2-3-11-7/h2-3,6,10H,4-5H2,1H3,(H,8,9). The first-order valence-corrected chi connectivity index (χ1v) is 4.45. The van der Waals surface area contributed by atoms with Crippen molar-refractivity contribution in [1.82, 2.24) is 4.98 Å². The zero-order valence-corrected chi connectivity index (χ0v) is 7.27. The van der Waals surface area contributed by atoms with Crippen LogP contribution in [0.5, 0.6) is 0 Å². The number of aliphatic hydroxyl groups is 1. The molecule has 62 valence electrons. The number of aliphatic hydroxyl groups excluding tert-OH is 1. The first kappa shape index (κ1) is 8.49. The average Bonchev–Trinajstić information content (AvgIpc) is 2.52. The van der Waals surface area contributed by atoms with E-state index in [1.807, 2.05) is 12.3 Å². The summed E-state index contributed by atoms with van der Waals surface area (Å²) in [5.74, 6) is 0.291. The third-order valence-corrected chi connectivity index (χ3v) is 2.08. The van der Waals surface area contributed by atoms with E-state index in [9.17, 15) is 0 Å². The highest BCUT2D eigenvalue weighted by Gasteiger charge is 1.99. The molecular formula is C7H12N2OS. The summed E-state index contributed by atoms with van der Waals surface area (Å²) in [7, 11) is 0. The number of anilines is 1. The maximum atomic E-state index is 8.71. The van der Waals surface area contributed by atoms with Crippen LogP contribution in [0.15, 0.2) is 11.6 Å². The summed E-state index contributed by atoms with van der Waals surface area (Å²) in [6, 6.07) is 0. The van der Waals surface area contributed by atoms with Gasteiger partial charge in [-0.3, -0.25) is 0 Å². The lowest BCUT2D eigenvalue weighted by molar-refractivity contribution is 0.244. The first-order valence-electron chi connectivity index (χ1n) is 3.57. The quantitative estimate of drug-likeness (QED) is 0.717. The van der Waals surface area contributed by atoms with Crippen LogP contribution in [0.3, 0.4) is 0 Å². The zero-order valence-electron chi connectivity index (χ0n) is 6.45. The lowest BCUT2D eigenvalue weighted by atomic mass is 10.2. The Morgan fingerprint density at radius 1 is 1.82 bits per heavy atom. The van der Waals surface area contributed by atoms with E-state index < -0.39 is 0 Å². The molecule has 1 unspecified atom stereocenters. The van der Waals surface area contributed by atoms with Crippen LogP contribution in [0.25, 0.3) is 0 Å². The van der Waals surface area contributed by atoms with E-state index in [0.29, 0.717) is 5.92 Å². The number of nitrogens with zero attached hydrogens (tertiary/aromatic N) is 1. The van der Waals surface area contributed by atoms with Gasteiger partial charge < -0.3 is 10.4 Å². The van der Waals surface area contributed by atoms with Gasteiger partial charge in [-0.2, -0.15) is 0 Å². The molecule has 0 aliphatic rings. The van der Waals surface area contributed by atoms with E-state index in [4.69, 9.17) is 5.11 Å². The minimum Gasteiger partial charge on any atom is -0.396 e. The van der Waals surface area contributed by atoms with Gasteiger partial charge >= 0.3 is 0 Å². The van der Waals surface area contributed by atoms with E-state index in [1.165, 1.54) is 0 Å². The Bertz CT molecular complexity index is 188. The van der Waals surface area contributed by atoms with Gasteiger partial charge in [0.25, 0.3) is 0 Å². The predicted molar refractivity (Wildman–Crippen MR) is 46.9 cm³/mol. The molecule has 2 N–H and O–H groups in total. The van der Waals surface area contributed by atoms with Crippen molar-refractivity contribution in [2.75, 3.05) is 18.5 Å². The van der Waals surface area contributed by atoms with E-state index >= 15 is 0 Å². The Kier molecular flexibility index (Phi) is 3.32. The SMILES string of the molecule is CC(CO)CNc1nccs1. The van der Waals surface area contributed by atoms with E-state index in [1.54, 1.807) is 17.5 Å². The minimum atomic E-state index is 0.221. The molecule has 0 aromatic carbocycles. The van der Waals surface area contributed by atoms with Crippen molar-refractivity contribution in [1.29, 1.82) is 0 Å². The fourth-order valence-electron chi connectivity index (χ4n) is 0.637. The van der Waals surface area contributed by atoms with Gasteiger partial charge in [0.15, 0.2) is 5.13 Å². The molecule has 0 aliphatic heterocycles. The molecule has 1 aromatic rings. The van der Waals surface area contributed by atoms with Crippen LogP contribution < -0.4 is 5.32 Å². The number of thiazole rings is 1. The zero-order chi connectivity index (χ0) is 8.10. The molecule has 1 rings (SSSR count). The van der Waals surface area contributed by atoms with Crippen molar-refractivity contribution in [2.45, 2.75) is 6.92 Å². The first-order chi connectivity index (χ1) is 5.33. The summed E-state index contributed by atoms with van der Waals surface area (Å²) in [6.07, 6.45) is 1.76. The van der Waals surface area contributed by atoms with Gasteiger partial charge in [-0.05, 0) is 5.92 Å². The van der Waals surface area contributed by atoms with Crippen molar-refractivity contribution in [3.8, 4) is 0 Å². The van der Waals surface area contributed by atoms with Crippen molar-refractivity contribution in [3.63, 3.8) is 0 Å². The Hall–Kier alpha value is -0.610. The highest BCUT2D eigenvalue weighted by molar-refractivity contribution is 7.13. The molecule has 0 saturated heterocycles. The van der Waals surface area contributed by atoms with Gasteiger partial charge in [0.05, 0.1) is 0 Å².